The molecule has 6 nitrogen and oxygen atoms in total. The smallest absolute Gasteiger partial charge is 0.244 e. The lowest BCUT2D eigenvalue weighted by Crippen LogP contribution is -2.61. The van der Waals surface area contributed by atoms with Crippen molar-refractivity contribution in [3.05, 3.63) is 30.5 Å². The van der Waals surface area contributed by atoms with E-state index in [4.69, 9.17) is 0 Å². The molecule has 0 spiro atoms. The molecule has 4 rings (SSSR count). The molecule has 1 aromatic carbocycles. The summed E-state index contributed by atoms with van der Waals surface area (Å²) in [6.45, 7) is 1.47. The molecule has 2 fully saturated rings. The van der Waals surface area contributed by atoms with Crippen LogP contribution in [0.4, 0.5) is 0 Å². The van der Waals surface area contributed by atoms with Gasteiger partial charge in [-0.3, -0.25) is 14.3 Å². The van der Waals surface area contributed by atoms with Gasteiger partial charge in [0, 0.05) is 30.6 Å². The van der Waals surface area contributed by atoms with Gasteiger partial charge in [-0.25, -0.2) is 0 Å². The number of fused-ring (bicyclic) bond motifs is 1. The third kappa shape index (κ3) is 2.56. The highest BCUT2D eigenvalue weighted by Gasteiger charge is 2.36. The number of likely N-dealkylation sites (tertiary alicyclic amines) is 1. The third-order valence-electron chi connectivity index (χ3n) is 4.29. The van der Waals surface area contributed by atoms with Crippen molar-refractivity contribution in [2.75, 3.05) is 13.1 Å². The van der Waals surface area contributed by atoms with Crippen LogP contribution in [0.3, 0.4) is 0 Å². The number of hydrogen-bond acceptors (Lipinski definition) is 3. The van der Waals surface area contributed by atoms with E-state index in [2.05, 4.69) is 10.4 Å². The quantitative estimate of drug-likeness (QED) is 0.907. The maximum atomic E-state index is 12.2. The van der Waals surface area contributed by atoms with Crippen molar-refractivity contribution in [1.82, 2.24) is 20.0 Å². The topological polar surface area (TPSA) is 67.2 Å². The van der Waals surface area contributed by atoms with Crippen LogP contribution in [0.15, 0.2) is 30.5 Å². The van der Waals surface area contributed by atoms with E-state index in [-0.39, 0.29) is 30.3 Å². The fourth-order valence-corrected chi connectivity index (χ4v) is 2.77. The van der Waals surface area contributed by atoms with Gasteiger partial charge in [0.1, 0.15) is 6.54 Å². The molecule has 0 unspecified atom stereocenters. The molecule has 2 heterocycles. The Labute approximate surface area is 128 Å². The first kappa shape index (κ1) is 13.3. The minimum Gasteiger partial charge on any atom is -0.350 e. The highest BCUT2D eigenvalue weighted by Crippen LogP contribution is 2.29. The van der Waals surface area contributed by atoms with Crippen molar-refractivity contribution < 1.29 is 9.59 Å². The summed E-state index contributed by atoms with van der Waals surface area (Å²) in [6, 6.07) is 7.93. The monoisotopic (exact) mass is 298 g/mol. The predicted molar refractivity (Wildman–Crippen MR) is 81.0 cm³/mol. The van der Waals surface area contributed by atoms with E-state index in [0.29, 0.717) is 13.1 Å². The minimum atomic E-state index is 0.0460. The number of nitrogens with one attached hydrogen (secondary N) is 1. The normalized spacial score (nSPS) is 18.3. The predicted octanol–water partition coefficient (Wildman–Crippen LogP) is 0.773. The summed E-state index contributed by atoms with van der Waals surface area (Å²) < 4.78 is 1.68. The van der Waals surface area contributed by atoms with Gasteiger partial charge in [0.15, 0.2) is 0 Å². The molecule has 2 amide bonds. The first-order valence-electron chi connectivity index (χ1n) is 7.69. The van der Waals surface area contributed by atoms with Crippen LogP contribution >= 0.6 is 0 Å². The highest BCUT2D eigenvalue weighted by molar-refractivity contribution is 5.82. The zero-order valence-corrected chi connectivity index (χ0v) is 12.2. The second-order valence-corrected chi connectivity index (χ2v) is 6.16. The molecule has 114 valence electrons. The Bertz CT molecular complexity index is 696. The average molecular weight is 298 g/mol. The Hall–Kier alpha value is -2.37. The third-order valence-corrected chi connectivity index (χ3v) is 4.29. The largest absolute Gasteiger partial charge is 0.350 e. The van der Waals surface area contributed by atoms with Gasteiger partial charge in [0.25, 0.3) is 0 Å². The molecule has 6 heteroatoms. The van der Waals surface area contributed by atoms with Gasteiger partial charge in [0.05, 0.1) is 11.6 Å². The Morgan fingerprint density at radius 3 is 2.73 bits per heavy atom. The van der Waals surface area contributed by atoms with Gasteiger partial charge in [-0.05, 0) is 18.9 Å². The van der Waals surface area contributed by atoms with Gasteiger partial charge in [-0.15, -0.1) is 0 Å². The van der Waals surface area contributed by atoms with Gasteiger partial charge in [0.2, 0.25) is 11.8 Å². The van der Waals surface area contributed by atoms with Crippen LogP contribution in [-0.4, -0.2) is 45.6 Å². The van der Waals surface area contributed by atoms with E-state index >= 15 is 0 Å². The van der Waals surface area contributed by atoms with E-state index in [1.54, 1.807) is 9.58 Å². The van der Waals surface area contributed by atoms with Crippen molar-refractivity contribution in [3.63, 3.8) is 0 Å². The van der Waals surface area contributed by atoms with Crippen LogP contribution in [0.1, 0.15) is 12.8 Å². The SMILES string of the molecule is O=C(NC1CN(C(=O)Cn2cc3ccccc3n2)C1)C1CC1. The van der Waals surface area contributed by atoms with E-state index < -0.39 is 0 Å². The zero-order chi connectivity index (χ0) is 15.1. The lowest BCUT2D eigenvalue weighted by Gasteiger charge is -2.39. The molecule has 1 aromatic heterocycles. The number of nitrogens with zero attached hydrogens (tertiary/aromatic N) is 3. The Kier molecular flexibility index (Phi) is 3.10. The molecule has 1 aliphatic carbocycles. The van der Waals surface area contributed by atoms with Gasteiger partial charge < -0.3 is 10.2 Å². The van der Waals surface area contributed by atoms with E-state index in [9.17, 15) is 9.59 Å². The molecule has 0 radical (unpaired) electrons. The summed E-state index contributed by atoms with van der Waals surface area (Å²) >= 11 is 0. The van der Waals surface area contributed by atoms with E-state index in [1.165, 1.54) is 0 Å². The summed E-state index contributed by atoms with van der Waals surface area (Å²) in [5.41, 5.74) is 0.897. The molecule has 1 N–H and O–H groups in total. The number of carbonyl (C=O) groups is 2. The summed E-state index contributed by atoms with van der Waals surface area (Å²) in [4.78, 5) is 25.6. The standard InChI is InChI=1S/C16H18N4O2/c21-15(10-20-7-12-3-1-2-4-14(12)18-20)19-8-13(9-19)17-16(22)11-5-6-11/h1-4,7,11,13H,5-6,8-10H2,(H,17,22). The minimum absolute atomic E-state index is 0.0460. The Morgan fingerprint density at radius 2 is 2.00 bits per heavy atom. The van der Waals surface area contributed by atoms with Crippen molar-refractivity contribution in [3.8, 4) is 0 Å². The van der Waals surface area contributed by atoms with Crippen LogP contribution in [0, 0.1) is 5.92 Å². The van der Waals surface area contributed by atoms with Crippen molar-refractivity contribution in [2.24, 2.45) is 5.92 Å². The molecular weight excluding hydrogens is 280 g/mol. The molecule has 1 saturated carbocycles. The molecule has 1 saturated heterocycles. The number of hydrogen-bond donors (Lipinski definition) is 1. The van der Waals surface area contributed by atoms with E-state index in [1.807, 2.05) is 30.5 Å². The van der Waals surface area contributed by atoms with Crippen LogP contribution in [0.2, 0.25) is 0 Å². The maximum Gasteiger partial charge on any atom is 0.244 e. The molecule has 1 aliphatic heterocycles. The van der Waals surface area contributed by atoms with Crippen LogP contribution < -0.4 is 5.32 Å². The number of rotatable bonds is 4. The first-order chi connectivity index (χ1) is 10.7. The number of carbonyl (C=O) groups excluding carboxylic acids is 2. The summed E-state index contributed by atoms with van der Waals surface area (Å²) in [6.07, 6.45) is 3.90. The number of aromatic nitrogens is 2. The molecular formula is C16H18N4O2. The fourth-order valence-electron chi connectivity index (χ4n) is 2.77. The first-order valence-corrected chi connectivity index (χ1v) is 7.69. The van der Waals surface area contributed by atoms with Crippen LogP contribution in [-0.2, 0) is 16.1 Å². The number of benzene rings is 1. The second-order valence-electron chi connectivity index (χ2n) is 6.16. The van der Waals surface area contributed by atoms with Crippen molar-refractivity contribution in [2.45, 2.75) is 25.4 Å². The van der Waals surface area contributed by atoms with Crippen LogP contribution in [0.5, 0.6) is 0 Å². The lowest BCUT2D eigenvalue weighted by atomic mass is 10.1. The molecule has 0 bridgehead atoms. The average Bonchev–Trinajstić information content (AvgIpc) is 3.22. The zero-order valence-electron chi connectivity index (χ0n) is 12.2. The van der Waals surface area contributed by atoms with Crippen LogP contribution in [0.25, 0.3) is 10.9 Å². The Morgan fingerprint density at radius 1 is 1.23 bits per heavy atom. The molecule has 2 aliphatic rings. The van der Waals surface area contributed by atoms with Crippen molar-refractivity contribution >= 4 is 22.7 Å². The lowest BCUT2D eigenvalue weighted by molar-refractivity contribution is -0.138. The summed E-state index contributed by atoms with van der Waals surface area (Å²) in [5.74, 6) is 0.418. The van der Waals surface area contributed by atoms with E-state index in [0.717, 1.165) is 23.7 Å². The molecule has 2 aromatic rings. The summed E-state index contributed by atoms with van der Waals surface area (Å²) in [7, 11) is 0. The van der Waals surface area contributed by atoms with Gasteiger partial charge >= 0.3 is 0 Å². The summed E-state index contributed by atoms with van der Waals surface area (Å²) in [5, 5.41) is 8.42. The number of amides is 2. The Balaban J connectivity index is 1.30. The van der Waals surface area contributed by atoms with Crippen molar-refractivity contribution in [1.29, 1.82) is 0 Å². The van der Waals surface area contributed by atoms with Gasteiger partial charge in [-0.1, -0.05) is 18.2 Å². The molecule has 0 atom stereocenters. The fraction of sp³-hybridized carbons (Fsp3) is 0.438. The highest BCUT2D eigenvalue weighted by atomic mass is 16.2. The van der Waals surface area contributed by atoms with Gasteiger partial charge in [-0.2, -0.15) is 5.10 Å². The maximum absolute atomic E-state index is 12.2. The molecule has 22 heavy (non-hydrogen) atoms. The second kappa shape index (κ2) is 5.12.